The summed E-state index contributed by atoms with van der Waals surface area (Å²) in [5.41, 5.74) is 0.138. The van der Waals surface area contributed by atoms with Crippen LogP contribution in [0, 0.1) is 5.92 Å². The lowest BCUT2D eigenvalue weighted by molar-refractivity contribution is -0.137. The molecular weight excluding hydrogens is 317 g/mol. The summed E-state index contributed by atoms with van der Waals surface area (Å²) in [6, 6.07) is 5.02. The molecular formula is C18H25F3N2O. The van der Waals surface area contributed by atoms with Crippen LogP contribution in [0.1, 0.15) is 43.7 Å². The van der Waals surface area contributed by atoms with E-state index in [1.54, 1.807) is 0 Å². The molecule has 1 atom stereocenters. The van der Waals surface area contributed by atoms with E-state index in [1.165, 1.54) is 12.1 Å². The Morgan fingerprint density at radius 2 is 1.88 bits per heavy atom. The highest BCUT2D eigenvalue weighted by molar-refractivity contribution is 5.76. The number of carbonyl (C=O) groups is 1. The highest BCUT2D eigenvalue weighted by Crippen LogP contribution is 2.29. The predicted molar refractivity (Wildman–Crippen MR) is 87.6 cm³/mol. The molecule has 1 aliphatic heterocycles. The molecule has 3 nitrogen and oxygen atoms in total. The number of amides is 1. The molecule has 1 fully saturated rings. The zero-order chi connectivity index (χ0) is 17.6. The van der Waals surface area contributed by atoms with Gasteiger partial charge in [0.25, 0.3) is 0 Å². The van der Waals surface area contributed by atoms with Crippen molar-refractivity contribution in [1.82, 2.24) is 10.6 Å². The van der Waals surface area contributed by atoms with Crippen LogP contribution in [-0.2, 0) is 17.4 Å². The van der Waals surface area contributed by atoms with Gasteiger partial charge in [-0.3, -0.25) is 4.79 Å². The zero-order valence-corrected chi connectivity index (χ0v) is 14.0. The molecule has 0 saturated carbocycles. The molecule has 0 aromatic heterocycles. The van der Waals surface area contributed by atoms with Gasteiger partial charge in [0.15, 0.2) is 0 Å². The first kappa shape index (κ1) is 18.8. The summed E-state index contributed by atoms with van der Waals surface area (Å²) in [6.07, 6.45) is -0.129. The largest absolute Gasteiger partial charge is 0.416 e. The first-order chi connectivity index (χ1) is 11.3. The van der Waals surface area contributed by atoms with Gasteiger partial charge in [0, 0.05) is 12.5 Å². The second-order valence-electron chi connectivity index (χ2n) is 6.60. The van der Waals surface area contributed by atoms with Crippen LogP contribution < -0.4 is 10.6 Å². The summed E-state index contributed by atoms with van der Waals surface area (Å²) in [5, 5.41) is 6.24. The number of rotatable bonds is 6. The van der Waals surface area contributed by atoms with Gasteiger partial charge in [0.05, 0.1) is 5.56 Å². The molecule has 1 aliphatic rings. The second kappa shape index (κ2) is 8.51. The van der Waals surface area contributed by atoms with Gasteiger partial charge in [-0.15, -0.1) is 0 Å². The maximum absolute atomic E-state index is 12.5. The van der Waals surface area contributed by atoms with E-state index >= 15 is 0 Å². The summed E-state index contributed by atoms with van der Waals surface area (Å²) >= 11 is 0. The summed E-state index contributed by atoms with van der Waals surface area (Å²) in [7, 11) is 0. The smallest absolute Gasteiger partial charge is 0.353 e. The molecule has 1 saturated heterocycles. The Bertz CT molecular complexity index is 522. The van der Waals surface area contributed by atoms with E-state index in [-0.39, 0.29) is 11.9 Å². The van der Waals surface area contributed by atoms with Crippen molar-refractivity contribution in [2.24, 2.45) is 5.92 Å². The summed E-state index contributed by atoms with van der Waals surface area (Å²) in [4.78, 5) is 12.0. The van der Waals surface area contributed by atoms with Crippen LogP contribution in [0.2, 0.25) is 0 Å². The number of hydrogen-bond acceptors (Lipinski definition) is 2. The Labute approximate surface area is 141 Å². The van der Waals surface area contributed by atoms with E-state index in [4.69, 9.17) is 0 Å². The third-order valence-corrected chi connectivity index (χ3v) is 4.47. The number of piperidine rings is 1. The standard InChI is InChI=1S/C18H25F3N2O/c1-13(12-15-2-5-16(6-3-15)18(19,20)21)23-17(24)7-4-14-8-10-22-11-9-14/h2-3,5-6,13-14,22H,4,7-12H2,1H3,(H,23,24). The van der Waals surface area contributed by atoms with Gasteiger partial charge in [-0.1, -0.05) is 12.1 Å². The van der Waals surface area contributed by atoms with Gasteiger partial charge >= 0.3 is 6.18 Å². The van der Waals surface area contributed by atoms with E-state index in [0.29, 0.717) is 18.8 Å². The lowest BCUT2D eigenvalue weighted by Gasteiger charge is -2.22. The zero-order valence-electron chi connectivity index (χ0n) is 14.0. The quantitative estimate of drug-likeness (QED) is 0.830. The maximum Gasteiger partial charge on any atom is 0.416 e. The van der Waals surface area contributed by atoms with Crippen molar-refractivity contribution in [1.29, 1.82) is 0 Å². The van der Waals surface area contributed by atoms with E-state index in [2.05, 4.69) is 10.6 Å². The van der Waals surface area contributed by atoms with Crippen molar-refractivity contribution in [3.63, 3.8) is 0 Å². The van der Waals surface area contributed by atoms with E-state index < -0.39 is 11.7 Å². The molecule has 0 spiro atoms. The van der Waals surface area contributed by atoms with Crippen LogP contribution in [0.25, 0.3) is 0 Å². The third-order valence-electron chi connectivity index (χ3n) is 4.47. The SMILES string of the molecule is CC(Cc1ccc(C(F)(F)F)cc1)NC(=O)CCC1CCNCC1. The summed E-state index contributed by atoms with van der Waals surface area (Å²) in [6.45, 7) is 3.92. The van der Waals surface area contributed by atoms with Gasteiger partial charge in [0.1, 0.15) is 0 Å². The van der Waals surface area contributed by atoms with E-state index in [1.807, 2.05) is 6.92 Å². The second-order valence-corrected chi connectivity index (χ2v) is 6.60. The van der Waals surface area contributed by atoms with Crippen LogP contribution in [0.3, 0.4) is 0 Å². The van der Waals surface area contributed by atoms with Crippen LogP contribution in [-0.4, -0.2) is 25.0 Å². The average molecular weight is 342 g/mol. The molecule has 2 rings (SSSR count). The fourth-order valence-corrected chi connectivity index (χ4v) is 3.09. The fraction of sp³-hybridized carbons (Fsp3) is 0.611. The maximum atomic E-state index is 12.5. The Morgan fingerprint density at radius 1 is 1.25 bits per heavy atom. The van der Waals surface area contributed by atoms with E-state index in [0.717, 1.165) is 50.0 Å². The Balaban J connectivity index is 1.73. The van der Waals surface area contributed by atoms with Crippen molar-refractivity contribution >= 4 is 5.91 Å². The first-order valence-corrected chi connectivity index (χ1v) is 8.51. The molecule has 6 heteroatoms. The van der Waals surface area contributed by atoms with E-state index in [9.17, 15) is 18.0 Å². The van der Waals surface area contributed by atoms with Crippen LogP contribution in [0.15, 0.2) is 24.3 Å². The number of carbonyl (C=O) groups excluding carboxylic acids is 1. The number of benzene rings is 1. The van der Waals surface area contributed by atoms with Crippen molar-refractivity contribution in [2.45, 2.75) is 51.2 Å². The molecule has 0 bridgehead atoms. The van der Waals surface area contributed by atoms with Gasteiger partial charge < -0.3 is 10.6 Å². The third kappa shape index (κ3) is 6.15. The highest BCUT2D eigenvalue weighted by Gasteiger charge is 2.29. The van der Waals surface area contributed by atoms with Crippen molar-refractivity contribution in [3.8, 4) is 0 Å². The van der Waals surface area contributed by atoms with Gasteiger partial charge in [-0.05, 0) is 69.3 Å². The molecule has 24 heavy (non-hydrogen) atoms. The summed E-state index contributed by atoms with van der Waals surface area (Å²) < 4.78 is 37.6. The topological polar surface area (TPSA) is 41.1 Å². The Hall–Kier alpha value is -1.56. The Kier molecular flexibility index (Phi) is 6.66. The number of hydrogen-bond donors (Lipinski definition) is 2. The number of nitrogens with one attached hydrogen (secondary N) is 2. The molecule has 1 amide bonds. The van der Waals surface area contributed by atoms with Crippen molar-refractivity contribution in [3.05, 3.63) is 35.4 Å². The molecule has 1 aromatic rings. The molecule has 134 valence electrons. The molecule has 1 unspecified atom stereocenters. The number of halogens is 3. The Morgan fingerprint density at radius 3 is 2.46 bits per heavy atom. The van der Waals surface area contributed by atoms with Crippen LogP contribution in [0.5, 0.6) is 0 Å². The predicted octanol–water partition coefficient (Wildman–Crippen LogP) is 3.53. The molecule has 0 aliphatic carbocycles. The lowest BCUT2D eigenvalue weighted by atomic mass is 9.93. The van der Waals surface area contributed by atoms with Crippen LogP contribution >= 0.6 is 0 Å². The normalized spacial score (nSPS) is 17.5. The average Bonchev–Trinajstić information content (AvgIpc) is 2.53. The summed E-state index contributed by atoms with van der Waals surface area (Å²) in [5.74, 6) is 0.634. The van der Waals surface area contributed by atoms with Gasteiger partial charge in [-0.2, -0.15) is 13.2 Å². The molecule has 0 radical (unpaired) electrons. The first-order valence-electron chi connectivity index (χ1n) is 8.51. The van der Waals surface area contributed by atoms with Crippen molar-refractivity contribution in [2.75, 3.05) is 13.1 Å². The molecule has 1 heterocycles. The lowest BCUT2D eigenvalue weighted by Crippen LogP contribution is -2.35. The van der Waals surface area contributed by atoms with Gasteiger partial charge in [-0.25, -0.2) is 0 Å². The molecule has 2 N–H and O–H groups in total. The highest BCUT2D eigenvalue weighted by atomic mass is 19.4. The minimum atomic E-state index is -4.31. The van der Waals surface area contributed by atoms with Crippen molar-refractivity contribution < 1.29 is 18.0 Å². The monoisotopic (exact) mass is 342 g/mol. The minimum absolute atomic E-state index is 0.0212. The van der Waals surface area contributed by atoms with Crippen LogP contribution in [0.4, 0.5) is 13.2 Å². The molecule has 1 aromatic carbocycles. The number of alkyl halides is 3. The fourth-order valence-electron chi connectivity index (χ4n) is 3.09. The minimum Gasteiger partial charge on any atom is -0.353 e. The van der Waals surface area contributed by atoms with Gasteiger partial charge in [0.2, 0.25) is 5.91 Å².